The lowest BCUT2D eigenvalue weighted by Gasteiger charge is -2.24. The van der Waals surface area contributed by atoms with E-state index in [-0.39, 0.29) is 23.5 Å². The number of aliphatic hydroxyl groups is 1. The minimum atomic E-state index is -0.763. The molecule has 1 aromatic heterocycles. The molecule has 1 aliphatic carbocycles. The van der Waals surface area contributed by atoms with Crippen LogP contribution < -0.4 is 0 Å². The first kappa shape index (κ1) is 21.2. The zero-order valence-corrected chi connectivity index (χ0v) is 16.4. The summed E-state index contributed by atoms with van der Waals surface area (Å²) in [7, 11) is 0. The molecule has 1 N–H and O–H groups in total. The Morgan fingerprint density at radius 1 is 1.31 bits per heavy atom. The van der Waals surface area contributed by atoms with Crippen molar-refractivity contribution in [3.8, 4) is 0 Å². The zero-order chi connectivity index (χ0) is 20.8. The number of pyridine rings is 1. The molecular weight excluding hydrogens is 377 g/mol. The van der Waals surface area contributed by atoms with Gasteiger partial charge in [0, 0.05) is 18.2 Å². The van der Waals surface area contributed by atoms with Crippen molar-refractivity contribution >= 4 is 11.9 Å². The number of hydrogen-bond donors (Lipinski definition) is 1. The van der Waals surface area contributed by atoms with Gasteiger partial charge in [0.1, 0.15) is 11.9 Å². The number of carbonyl (C=O) groups excluding carboxylic acids is 2. The van der Waals surface area contributed by atoms with Crippen LogP contribution in [0.1, 0.15) is 49.4 Å². The summed E-state index contributed by atoms with van der Waals surface area (Å²) in [5, 5.41) is 10.2. The Morgan fingerprint density at radius 3 is 2.93 bits per heavy atom. The van der Waals surface area contributed by atoms with Crippen LogP contribution in [-0.4, -0.2) is 40.3 Å². The van der Waals surface area contributed by atoms with Crippen LogP contribution in [-0.2, 0) is 14.3 Å². The van der Waals surface area contributed by atoms with Gasteiger partial charge in [0.05, 0.1) is 24.0 Å². The van der Waals surface area contributed by atoms with Crippen molar-refractivity contribution in [1.82, 2.24) is 4.98 Å². The number of esters is 2. The van der Waals surface area contributed by atoms with Crippen LogP contribution in [0.4, 0.5) is 4.39 Å². The van der Waals surface area contributed by atoms with Crippen molar-refractivity contribution in [3.05, 3.63) is 54.1 Å². The molecule has 156 valence electrons. The van der Waals surface area contributed by atoms with Gasteiger partial charge < -0.3 is 14.6 Å². The van der Waals surface area contributed by atoms with E-state index in [9.17, 15) is 19.1 Å². The van der Waals surface area contributed by atoms with Gasteiger partial charge in [-0.2, -0.15) is 0 Å². The highest BCUT2D eigenvalue weighted by Gasteiger charge is 2.38. The van der Waals surface area contributed by atoms with Crippen LogP contribution >= 0.6 is 0 Å². The largest absolute Gasteiger partial charge is 0.460 e. The van der Waals surface area contributed by atoms with E-state index in [1.54, 1.807) is 0 Å². The first-order valence-electron chi connectivity index (χ1n) is 9.97. The highest BCUT2D eigenvalue weighted by Crippen LogP contribution is 2.37. The number of ether oxygens (including phenoxy) is 2. The molecule has 1 fully saturated rings. The molecule has 0 unspecified atom stereocenters. The Morgan fingerprint density at radius 2 is 2.14 bits per heavy atom. The number of allylic oxidation sites excluding steroid dienone is 2. The Kier molecular flexibility index (Phi) is 7.14. The van der Waals surface area contributed by atoms with E-state index < -0.39 is 30.0 Å². The lowest BCUT2D eigenvalue weighted by atomic mass is 9.89. The predicted octanol–water partition coefficient (Wildman–Crippen LogP) is 3.36. The number of carbonyl (C=O) groups is 2. The molecule has 2 heterocycles. The summed E-state index contributed by atoms with van der Waals surface area (Å²) in [6, 6.07) is 1.05. The molecule has 0 radical (unpaired) electrons. The summed E-state index contributed by atoms with van der Waals surface area (Å²) in [6.45, 7) is 1.84. The van der Waals surface area contributed by atoms with E-state index in [1.807, 2.05) is 6.92 Å². The summed E-state index contributed by atoms with van der Waals surface area (Å²) < 4.78 is 24.4. The Balaban J connectivity index is 1.85. The van der Waals surface area contributed by atoms with Gasteiger partial charge in [0.25, 0.3) is 0 Å². The third kappa shape index (κ3) is 5.97. The number of aromatic nitrogens is 1. The van der Waals surface area contributed by atoms with E-state index >= 15 is 0 Å². The predicted molar refractivity (Wildman–Crippen MR) is 103 cm³/mol. The lowest BCUT2D eigenvalue weighted by Crippen LogP contribution is -2.28. The number of cyclic esters (lactones) is 1. The molecule has 5 atom stereocenters. The van der Waals surface area contributed by atoms with Crippen LogP contribution in [0.15, 0.2) is 42.8 Å². The number of halogens is 1. The van der Waals surface area contributed by atoms with E-state index in [1.165, 1.54) is 18.3 Å². The number of rotatable bonds is 2. The number of nitrogens with zero attached hydrogens (tertiary/aromatic N) is 1. The highest BCUT2D eigenvalue weighted by atomic mass is 19.1. The topological polar surface area (TPSA) is 85.7 Å². The summed E-state index contributed by atoms with van der Waals surface area (Å²) in [5.74, 6) is -2.07. The summed E-state index contributed by atoms with van der Waals surface area (Å²) in [5.41, 5.74) is -0.0110. The molecule has 0 saturated heterocycles. The molecule has 0 aromatic carbocycles. The van der Waals surface area contributed by atoms with Gasteiger partial charge in [-0.3, -0.25) is 4.98 Å². The van der Waals surface area contributed by atoms with Gasteiger partial charge in [0.2, 0.25) is 0 Å². The first-order chi connectivity index (χ1) is 13.9. The Bertz CT molecular complexity index is 793. The minimum Gasteiger partial charge on any atom is -0.460 e. The van der Waals surface area contributed by atoms with E-state index in [4.69, 9.17) is 9.47 Å². The Hall–Kier alpha value is -2.54. The van der Waals surface area contributed by atoms with Gasteiger partial charge >= 0.3 is 11.9 Å². The minimum absolute atomic E-state index is 0.00674. The average molecular weight is 403 g/mol. The fraction of sp³-hybridized carbons (Fsp3) is 0.500. The quantitative estimate of drug-likeness (QED) is 0.602. The Labute approximate surface area is 169 Å². The monoisotopic (exact) mass is 403 g/mol. The van der Waals surface area contributed by atoms with Crippen LogP contribution in [0.2, 0.25) is 0 Å². The second-order valence-electron chi connectivity index (χ2n) is 7.68. The van der Waals surface area contributed by atoms with Crippen LogP contribution in [0.5, 0.6) is 0 Å². The number of aliphatic hydroxyl groups excluding tert-OH is 1. The molecule has 0 bridgehead atoms. The van der Waals surface area contributed by atoms with Crippen LogP contribution in [0, 0.1) is 17.7 Å². The number of fused-ring (bicyclic) bond motifs is 1. The van der Waals surface area contributed by atoms with Gasteiger partial charge in [-0.25, -0.2) is 14.0 Å². The normalized spacial score (nSPS) is 31.6. The van der Waals surface area contributed by atoms with Gasteiger partial charge in [-0.15, -0.1) is 0 Å². The maximum Gasteiger partial charge on any atom is 0.340 e. The maximum atomic E-state index is 13.4. The molecule has 2 aliphatic rings. The molecule has 0 spiro atoms. The second-order valence-corrected chi connectivity index (χ2v) is 7.68. The molecular formula is C22H26FNO5. The molecule has 6 nitrogen and oxygen atoms in total. The van der Waals surface area contributed by atoms with Crippen LogP contribution in [0.25, 0.3) is 0 Å². The summed E-state index contributed by atoms with van der Waals surface area (Å²) >= 11 is 0. The second kappa shape index (κ2) is 9.78. The van der Waals surface area contributed by atoms with E-state index in [2.05, 4.69) is 17.1 Å². The fourth-order valence-corrected chi connectivity index (χ4v) is 3.92. The summed E-state index contributed by atoms with van der Waals surface area (Å²) in [6.07, 6.45) is 11.1. The lowest BCUT2D eigenvalue weighted by molar-refractivity contribution is -0.142. The van der Waals surface area contributed by atoms with E-state index in [0.717, 1.165) is 31.5 Å². The van der Waals surface area contributed by atoms with Gasteiger partial charge in [-0.1, -0.05) is 12.2 Å². The molecule has 7 heteroatoms. The maximum absolute atomic E-state index is 13.4. The SMILES string of the molecule is C[C@H]1CCC/C=C/[C@@H]2C[C@H](O)C[C@H]2[C@H](OC(=O)c2cncc(F)c2)C=CC(=O)O1. The average Bonchev–Trinajstić information content (AvgIpc) is 3.04. The molecule has 1 aromatic rings. The zero-order valence-electron chi connectivity index (χ0n) is 16.4. The van der Waals surface area contributed by atoms with Crippen LogP contribution in [0.3, 0.4) is 0 Å². The first-order valence-corrected chi connectivity index (χ1v) is 9.97. The van der Waals surface area contributed by atoms with Crippen molar-refractivity contribution in [3.63, 3.8) is 0 Å². The third-order valence-electron chi connectivity index (χ3n) is 5.35. The molecule has 3 rings (SSSR count). The summed E-state index contributed by atoms with van der Waals surface area (Å²) in [4.78, 5) is 28.3. The van der Waals surface area contributed by atoms with Crippen molar-refractivity contribution < 1.29 is 28.6 Å². The van der Waals surface area contributed by atoms with Gasteiger partial charge in [-0.05, 0) is 57.1 Å². The highest BCUT2D eigenvalue weighted by molar-refractivity contribution is 5.89. The smallest absolute Gasteiger partial charge is 0.340 e. The number of hydrogen-bond acceptors (Lipinski definition) is 6. The van der Waals surface area contributed by atoms with Crippen molar-refractivity contribution in [1.29, 1.82) is 0 Å². The van der Waals surface area contributed by atoms with Crippen molar-refractivity contribution in [2.75, 3.05) is 0 Å². The van der Waals surface area contributed by atoms with Crippen molar-refractivity contribution in [2.24, 2.45) is 11.8 Å². The molecule has 1 saturated carbocycles. The fourth-order valence-electron chi connectivity index (χ4n) is 3.92. The third-order valence-corrected chi connectivity index (χ3v) is 5.35. The van der Waals surface area contributed by atoms with Gasteiger partial charge in [0.15, 0.2) is 0 Å². The van der Waals surface area contributed by atoms with E-state index in [0.29, 0.717) is 12.8 Å². The molecule has 1 aliphatic heterocycles. The molecule has 29 heavy (non-hydrogen) atoms. The molecule has 0 amide bonds. The standard InChI is InChI=1S/C22H26FNO5/c1-14-5-3-2-4-6-15-10-18(25)11-19(15)20(7-8-21(26)28-14)29-22(27)16-9-17(23)13-24-12-16/h4,6-9,12-15,18-20,25H,2-3,5,10-11H2,1H3/b6-4+,8-7?/t14-,15+,18-,19+,20+/m0/s1. The van der Waals surface area contributed by atoms with Crippen molar-refractivity contribution in [2.45, 2.75) is 57.3 Å².